The summed E-state index contributed by atoms with van der Waals surface area (Å²) >= 11 is 0. The number of nitro groups is 1. The van der Waals surface area contributed by atoms with Crippen LogP contribution < -0.4 is 56.5 Å². The van der Waals surface area contributed by atoms with Gasteiger partial charge in [0, 0.05) is 0 Å². The fraction of sp³-hybridized carbons (Fsp3) is 0.333. The number of nitrogens with zero attached hydrogens (tertiary/aromatic N) is 1. The van der Waals surface area contributed by atoms with E-state index in [2.05, 4.69) is 0 Å². The van der Waals surface area contributed by atoms with Crippen molar-refractivity contribution in [2.24, 2.45) is 0 Å². The van der Waals surface area contributed by atoms with Crippen LogP contribution in [0.5, 0.6) is 0 Å². The molecular formula is C3H4KNO3. The molecule has 0 fully saturated rings. The Morgan fingerprint density at radius 1 is 1.75 bits per heavy atom. The number of rotatable bonds is 1. The van der Waals surface area contributed by atoms with Gasteiger partial charge in [-0.25, -0.2) is 0 Å². The number of hydrogen-bond donors (Lipinski definition) is 0. The minimum absolute atomic E-state index is 0. The van der Waals surface area contributed by atoms with Gasteiger partial charge in [-0.3, -0.25) is 10.1 Å². The van der Waals surface area contributed by atoms with Gasteiger partial charge in [0.2, 0.25) is 6.20 Å². The van der Waals surface area contributed by atoms with E-state index in [1.165, 1.54) is 0 Å². The molecule has 0 aromatic carbocycles. The van der Waals surface area contributed by atoms with Gasteiger partial charge in [0.05, 0.1) is 4.92 Å². The van der Waals surface area contributed by atoms with Crippen LogP contribution in [-0.4, -0.2) is 4.92 Å². The van der Waals surface area contributed by atoms with Crippen molar-refractivity contribution in [2.75, 3.05) is 0 Å². The van der Waals surface area contributed by atoms with Crippen LogP contribution in [0.2, 0.25) is 0 Å². The average molecular weight is 141 g/mol. The SMILES string of the molecule is C/C([O-])=C/[N+](=O)[O-].[K+]. The molecule has 4 nitrogen and oxygen atoms in total. The summed E-state index contributed by atoms with van der Waals surface area (Å²) in [4.78, 5) is 8.56. The predicted octanol–water partition coefficient (Wildman–Crippen LogP) is -3.51. The van der Waals surface area contributed by atoms with Crippen LogP contribution in [-0.2, 0) is 0 Å². The van der Waals surface area contributed by atoms with Gasteiger partial charge in [0.25, 0.3) is 0 Å². The summed E-state index contributed by atoms with van der Waals surface area (Å²) in [5.74, 6) is -0.537. The maximum Gasteiger partial charge on any atom is 1.00 e. The third-order valence-corrected chi connectivity index (χ3v) is 0.287. The van der Waals surface area contributed by atoms with Crippen molar-refractivity contribution >= 4 is 0 Å². The molecule has 0 amide bonds. The van der Waals surface area contributed by atoms with E-state index in [1.54, 1.807) is 0 Å². The van der Waals surface area contributed by atoms with Gasteiger partial charge < -0.3 is 5.11 Å². The van der Waals surface area contributed by atoms with E-state index in [0.717, 1.165) is 6.92 Å². The fourth-order valence-electron chi connectivity index (χ4n) is 0.148. The van der Waals surface area contributed by atoms with Crippen molar-refractivity contribution < 1.29 is 61.4 Å². The Bertz CT molecular complexity index is 107. The molecule has 0 heterocycles. The Kier molecular flexibility index (Phi) is 8.12. The first-order valence-electron chi connectivity index (χ1n) is 1.62. The van der Waals surface area contributed by atoms with Crippen molar-refractivity contribution in [3.63, 3.8) is 0 Å². The van der Waals surface area contributed by atoms with E-state index < -0.39 is 10.7 Å². The van der Waals surface area contributed by atoms with E-state index in [4.69, 9.17) is 0 Å². The molecule has 0 aliphatic heterocycles. The van der Waals surface area contributed by atoms with Gasteiger partial charge in [0.1, 0.15) is 0 Å². The molecule has 0 bridgehead atoms. The van der Waals surface area contributed by atoms with E-state index >= 15 is 0 Å². The molecular weight excluding hydrogens is 137 g/mol. The molecule has 0 spiro atoms. The monoisotopic (exact) mass is 141 g/mol. The third-order valence-electron chi connectivity index (χ3n) is 0.287. The Hall–Kier alpha value is 0.576. The molecule has 0 aliphatic carbocycles. The Balaban J connectivity index is 0. The van der Waals surface area contributed by atoms with E-state index in [9.17, 15) is 15.2 Å². The first kappa shape index (κ1) is 11.4. The maximum atomic E-state index is 9.76. The van der Waals surface area contributed by atoms with Crippen LogP contribution >= 0.6 is 0 Å². The van der Waals surface area contributed by atoms with Gasteiger partial charge in [-0.15, -0.1) is 0 Å². The standard InChI is InChI=1S/C3H5NO3.K/c1-3(5)2-4(6)7;/h2,5H,1H3;/q;+1/p-1/b3-2-;. The van der Waals surface area contributed by atoms with Crippen LogP contribution in [0.3, 0.4) is 0 Å². The summed E-state index contributed by atoms with van der Waals surface area (Å²) in [7, 11) is 0. The van der Waals surface area contributed by atoms with Crippen LogP contribution in [0, 0.1) is 10.1 Å². The third kappa shape index (κ3) is 9.76. The number of allylic oxidation sites excluding steroid dienone is 1. The quantitative estimate of drug-likeness (QED) is 0.165. The molecule has 0 saturated carbocycles. The maximum absolute atomic E-state index is 9.76. The van der Waals surface area contributed by atoms with E-state index in [-0.39, 0.29) is 51.4 Å². The molecule has 0 atom stereocenters. The second-order valence-corrected chi connectivity index (χ2v) is 1.03. The minimum atomic E-state index is -0.775. The molecule has 0 aliphatic rings. The van der Waals surface area contributed by atoms with Crippen LogP contribution in [0.15, 0.2) is 12.0 Å². The number of hydrogen-bond acceptors (Lipinski definition) is 3. The zero-order chi connectivity index (χ0) is 5.86. The van der Waals surface area contributed by atoms with Crippen LogP contribution in [0.25, 0.3) is 0 Å². The molecule has 0 aromatic heterocycles. The molecule has 5 heteroatoms. The normalized spacial score (nSPS) is 9.88. The second kappa shape index (κ2) is 5.71. The first-order chi connectivity index (χ1) is 3.13. The predicted molar refractivity (Wildman–Crippen MR) is 20.8 cm³/mol. The van der Waals surface area contributed by atoms with Crippen LogP contribution in [0.4, 0.5) is 0 Å². The minimum Gasteiger partial charge on any atom is -0.871 e. The van der Waals surface area contributed by atoms with Gasteiger partial charge in [-0.05, 0) is 6.92 Å². The summed E-state index contributed by atoms with van der Waals surface area (Å²) in [6, 6.07) is 0. The molecule has 8 heavy (non-hydrogen) atoms. The Labute approximate surface area is 89.1 Å². The average Bonchev–Trinajstić information content (AvgIpc) is 1.27. The molecule has 0 radical (unpaired) electrons. The summed E-state index contributed by atoms with van der Waals surface area (Å²) in [6.45, 7) is 1.13. The van der Waals surface area contributed by atoms with Crippen molar-refractivity contribution in [1.82, 2.24) is 0 Å². The summed E-state index contributed by atoms with van der Waals surface area (Å²) in [6.07, 6.45) is 0.417. The van der Waals surface area contributed by atoms with Gasteiger partial charge in [-0.2, -0.15) is 0 Å². The zero-order valence-corrected chi connectivity index (χ0v) is 7.87. The van der Waals surface area contributed by atoms with Crippen molar-refractivity contribution in [3.05, 3.63) is 22.1 Å². The second-order valence-electron chi connectivity index (χ2n) is 1.03. The topological polar surface area (TPSA) is 66.2 Å². The smallest absolute Gasteiger partial charge is 0.871 e. The molecule has 0 unspecified atom stereocenters. The molecule has 0 saturated heterocycles. The van der Waals surface area contributed by atoms with Crippen molar-refractivity contribution in [2.45, 2.75) is 6.92 Å². The Morgan fingerprint density at radius 3 is 2.12 bits per heavy atom. The summed E-state index contributed by atoms with van der Waals surface area (Å²) in [5.41, 5.74) is 0. The Morgan fingerprint density at radius 2 is 2.12 bits per heavy atom. The zero-order valence-electron chi connectivity index (χ0n) is 4.75. The first-order valence-corrected chi connectivity index (χ1v) is 1.62. The van der Waals surface area contributed by atoms with Gasteiger partial charge in [-0.1, -0.05) is 5.76 Å². The van der Waals surface area contributed by atoms with Crippen molar-refractivity contribution in [3.8, 4) is 0 Å². The van der Waals surface area contributed by atoms with Gasteiger partial charge in [0.15, 0.2) is 0 Å². The molecule has 0 aromatic rings. The molecule has 40 valence electrons. The molecule has 0 N–H and O–H groups in total. The van der Waals surface area contributed by atoms with E-state index in [1.807, 2.05) is 0 Å². The molecule has 0 rings (SSSR count). The van der Waals surface area contributed by atoms with Gasteiger partial charge >= 0.3 is 51.4 Å². The summed E-state index contributed by atoms with van der Waals surface area (Å²) < 4.78 is 0. The summed E-state index contributed by atoms with van der Waals surface area (Å²) in [5, 5.41) is 19.1. The largest absolute Gasteiger partial charge is 1.00 e. The fourth-order valence-corrected chi connectivity index (χ4v) is 0.148. The van der Waals surface area contributed by atoms with Crippen LogP contribution in [0.1, 0.15) is 6.92 Å². The van der Waals surface area contributed by atoms with Crippen molar-refractivity contribution in [1.29, 1.82) is 0 Å². The van der Waals surface area contributed by atoms with E-state index in [0.29, 0.717) is 6.20 Å².